The van der Waals surface area contributed by atoms with Crippen molar-refractivity contribution in [2.24, 2.45) is 23.7 Å². The van der Waals surface area contributed by atoms with Gasteiger partial charge in [-0.1, -0.05) is 19.1 Å². The van der Waals surface area contributed by atoms with E-state index in [-0.39, 0.29) is 35.5 Å². The van der Waals surface area contributed by atoms with Crippen LogP contribution in [0.4, 0.5) is 0 Å². The fourth-order valence-electron chi connectivity index (χ4n) is 4.11. The molecule has 2 aromatic heterocycles. The molecule has 2 aliphatic rings. The summed E-state index contributed by atoms with van der Waals surface area (Å²) in [5.41, 5.74) is 0.399. The van der Waals surface area contributed by atoms with Crippen molar-refractivity contribution in [3.63, 3.8) is 0 Å². The van der Waals surface area contributed by atoms with Crippen molar-refractivity contribution in [1.82, 2.24) is 19.9 Å². The summed E-state index contributed by atoms with van der Waals surface area (Å²) in [6.07, 6.45) is 7.52. The Morgan fingerprint density at radius 1 is 1.25 bits per heavy atom. The quantitative estimate of drug-likeness (QED) is 0.581. The Balaban J connectivity index is 1.51. The van der Waals surface area contributed by atoms with Gasteiger partial charge in [-0.15, -0.1) is 11.3 Å². The first-order valence-corrected chi connectivity index (χ1v) is 10.3. The molecular formula is C20H22N4O3S. The number of fused-ring (bicyclic) bond motifs is 1. The number of carbonyl (C=O) groups is 2. The molecule has 0 unspecified atom stereocenters. The first kappa shape index (κ1) is 18.7. The standard InChI is InChI=1S/C20H22N4O3S/c1-3-27-20(26)16-12(2)5-6-13-9-24(10-14(13)16)19(25)15-11-28-18(23-15)17-21-7-4-8-22-17/h4-8,11-14,16H,3,9-10H2,1-2H3/t12-,13-,14-,16-/m0/s1. The molecule has 0 N–H and O–H groups in total. The van der Waals surface area contributed by atoms with Crippen molar-refractivity contribution in [3.8, 4) is 10.8 Å². The van der Waals surface area contributed by atoms with Gasteiger partial charge in [0.2, 0.25) is 0 Å². The lowest BCUT2D eigenvalue weighted by Crippen LogP contribution is -2.37. The van der Waals surface area contributed by atoms with E-state index in [4.69, 9.17) is 4.74 Å². The Morgan fingerprint density at radius 3 is 2.79 bits per heavy atom. The maximum Gasteiger partial charge on any atom is 0.309 e. The summed E-state index contributed by atoms with van der Waals surface area (Å²) in [5.74, 6) is 0.384. The molecule has 28 heavy (non-hydrogen) atoms. The average molecular weight is 398 g/mol. The van der Waals surface area contributed by atoms with Crippen LogP contribution in [0.25, 0.3) is 10.8 Å². The van der Waals surface area contributed by atoms with Gasteiger partial charge in [0.1, 0.15) is 5.69 Å². The predicted molar refractivity (Wildman–Crippen MR) is 104 cm³/mol. The fourth-order valence-corrected chi connectivity index (χ4v) is 4.84. The molecule has 1 aliphatic heterocycles. The van der Waals surface area contributed by atoms with Crippen LogP contribution in [0.2, 0.25) is 0 Å². The first-order chi connectivity index (χ1) is 13.6. The summed E-state index contributed by atoms with van der Waals surface area (Å²) in [4.78, 5) is 40.1. The second-order valence-electron chi connectivity index (χ2n) is 7.17. The minimum absolute atomic E-state index is 0.0820. The number of esters is 1. The van der Waals surface area contributed by atoms with Crippen LogP contribution in [-0.2, 0) is 9.53 Å². The van der Waals surface area contributed by atoms with Gasteiger partial charge in [-0.2, -0.15) is 0 Å². The third-order valence-corrected chi connectivity index (χ3v) is 6.27. The molecule has 4 rings (SSSR count). The number of hydrogen-bond acceptors (Lipinski definition) is 7. The van der Waals surface area contributed by atoms with Crippen LogP contribution in [0, 0.1) is 23.7 Å². The van der Waals surface area contributed by atoms with Crippen LogP contribution in [0.1, 0.15) is 24.3 Å². The third-order valence-electron chi connectivity index (χ3n) is 5.43. The molecule has 2 aromatic rings. The smallest absolute Gasteiger partial charge is 0.309 e. The first-order valence-electron chi connectivity index (χ1n) is 9.45. The van der Waals surface area contributed by atoms with Gasteiger partial charge >= 0.3 is 5.97 Å². The zero-order chi connectivity index (χ0) is 19.7. The summed E-state index contributed by atoms with van der Waals surface area (Å²) in [7, 11) is 0. The van der Waals surface area contributed by atoms with E-state index in [1.165, 1.54) is 11.3 Å². The van der Waals surface area contributed by atoms with Gasteiger partial charge < -0.3 is 9.64 Å². The number of ether oxygens (including phenoxy) is 1. The number of amides is 1. The number of allylic oxidation sites excluding steroid dienone is 1. The molecule has 1 aliphatic carbocycles. The van der Waals surface area contributed by atoms with Crippen molar-refractivity contribution in [1.29, 1.82) is 0 Å². The lowest BCUT2D eigenvalue weighted by Gasteiger charge is -2.31. The molecule has 1 saturated heterocycles. The van der Waals surface area contributed by atoms with Crippen LogP contribution in [0.15, 0.2) is 36.0 Å². The maximum atomic E-state index is 13.0. The van der Waals surface area contributed by atoms with E-state index in [0.29, 0.717) is 36.2 Å². The van der Waals surface area contributed by atoms with E-state index in [2.05, 4.69) is 27.1 Å². The van der Waals surface area contributed by atoms with Crippen molar-refractivity contribution in [3.05, 3.63) is 41.7 Å². The number of hydrogen-bond donors (Lipinski definition) is 0. The normalized spacial score (nSPS) is 26.1. The molecular weight excluding hydrogens is 376 g/mol. The van der Waals surface area contributed by atoms with Gasteiger partial charge in [-0.3, -0.25) is 9.59 Å². The van der Waals surface area contributed by atoms with E-state index < -0.39 is 0 Å². The highest BCUT2D eigenvalue weighted by Crippen LogP contribution is 2.40. The molecule has 8 heteroatoms. The molecule has 4 atom stereocenters. The van der Waals surface area contributed by atoms with E-state index in [9.17, 15) is 9.59 Å². The molecule has 146 valence electrons. The zero-order valence-corrected chi connectivity index (χ0v) is 16.6. The van der Waals surface area contributed by atoms with Gasteiger partial charge in [0, 0.05) is 30.9 Å². The lowest BCUT2D eigenvalue weighted by molar-refractivity contribution is -0.152. The summed E-state index contributed by atoms with van der Waals surface area (Å²) in [5, 5.41) is 2.37. The summed E-state index contributed by atoms with van der Waals surface area (Å²) in [6.45, 7) is 5.35. The maximum absolute atomic E-state index is 13.0. The minimum Gasteiger partial charge on any atom is -0.466 e. The lowest BCUT2D eigenvalue weighted by atomic mass is 9.72. The number of nitrogens with zero attached hydrogens (tertiary/aromatic N) is 4. The van der Waals surface area contributed by atoms with E-state index >= 15 is 0 Å². The van der Waals surface area contributed by atoms with E-state index in [0.717, 1.165) is 0 Å². The Hall–Kier alpha value is -2.61. The number of carbonyl (C=O) groups excluding carboxylic acids is 2. The highest BCUT2D eigenvalue weighted by atomic mass is 32.1. The molecule has 0 spiro atoms. The van der Waals surface area contributed by atoms with E-state index in [1.807, 2.05) is 13.8 Å². The largest absolute Gasteiger partial charge is 0.466 e. The van der Waals surface area contributed by atoms with Crippen LogP contribution in [0.3, 0.4) is 0 Å². The molecule has 0 radical (unpaired) electrons. The number of aromatic nitrogens is 3. The molecule has 3 heterocycles. The zero-order valence-electron chi connectivity index (χ0n) is 15.8. The van der Waals surface area contributed by atoms with Gasteiger partial charge in [0.05, 0.1) is 12.5 Å². The molecule has 7 nitrogen and oxygen atoms in total. The van der Waals surface area contributed by atoms with Crippen LogP contribution in [0.5, 0.6) is 0 Å². The highest BCUT2D eigenvalue weighted by molar-refractivity contribution is 7.13. The molecule has 1 fully saturated rings. The minimum atomic E-state index is -0.212. The van der Waals surface area contributed by atoms with E-state index in [1.54, 1.807) is 28.7 Å². The number of likely N-dealkylation sites (tertiary alicyclic amines) is 1. The molecule has 0 aromatic carbocycles. The highest BCUT2D eigenvalue weighted by Gasteiger charge is 2.46. The second kappa shape index (κ2) is 7.79. The Kier molecular flexibility index (Phi) is 5.21. The van der Waals surface area contributed by atoms with Gasteiger partial charge in [-0.25, -0.2) is 15.0 Å². The number of thiazole rings is 1. The summed E-state index contributed by atoms with van der Waals surface area (Å²) >= 11 is 1.36. The monoisotopic (exact) mass is 398 g/mol. The van der Waals surface area contributed by atoms with Gasteiger partial charge in [-0.05, 0) is 30.7 Å². The fraction of sp³-hybridized carbons (Fsp3) is 0.450. The molecule has 1 amide bonds. The van der Waals surface area contributed by atoms with Gasteiger partial charge in [0.25, 0.3) is 5.91 Å². The van der Waals surface area contributed by atoms with Crippen LogP contribution >= 0.6 is 11.3 Å². The van der Waals surface area contributed by atoms with Crippen molar-refractivity contribution >= 4 is 23.2 Å². The Labute approximate surface area is 167 Å². The van der Waals surface area contributed by atoms with Crippen molar-refractivity contribution in [2.75, 3.05) is 19.7 Å². The Bertz CT molecular complexity index is 898. The predicted octanol–water partition coefficient (Wildman–Crippen LogP) is 2.67. The molecule has 0 bridgehead atoms. The van der Waals surface area contributed by atoms with Crippen molar-refractivity contribution in [2.45, 2.75) is 13.8 Å². The number of rotatable bonds is 4. The topological polar surface area (TPSA) is 85.3 Å². The average Bonchev–Trinajstić information content (AvgIpc) is 3.35. The third kappa shape index (κ3) is 3.44. The molecule has 0 saturated carbocycles. The van der Waals surface area contributed by atoms with Crippen molar-refractivity contribution < 1.29 is 14.3 Å². The second-order valence-corrected chi connectivity index (χ2v) is 8.03. The van der Waals surface area contributed by atoms with Crippen LogP contribution in [-0.4, -0.2) is 51.4 Å². The van der Waals surface area contributed by atoms with Gasteiger partial charge in [0.15, 0.2) is 10.8 Å². The summed E-state index contributed by atoms with van der Waals surface area (Å²) < 4.78 is 5.29. The SMILES string of the molecule is CCOC(=O)[C@@H]1[C@H]2CN(C(=O)c3csc(-c4ncccn4)n3)C[C@@H]2C=C[C@@H]1C. The Morgan fingerprint density at radius 2 is 2.04 bits per heavy atom. The van der Waals surface area contributed by atoms with Crippen LogP contribution < -0.4 is 0 Å². The summed E-state index contributed by atoms with van der Waals surface area (Å²) in [6, 6.07) is 1.74.